The Labute approximate surface area is 126 Å². The maximum atomic E-state index is 12.5. The van der Waals surface area contributed by atoms with Crippen LogP contribution >= 0.6 is 0 Å². The smallest absolute Gasteiger partial charge is 0.305 e. The fourth-order valence-electron chi connectivity index (χ4n) is 3.34. The van der Waals surface area contributed by atoms with Crippen molar-refractivity contribution in [3.8, 4) is 0 Å². The summed E-state index contributed by atoms with van der Waals surface area (Å²) in [7, 11) is 0. The SMILES string of the molecule is O=C(O)CCOC1CCN(C(=O)C2CCCCCC2)CC1. The predicted octanol–water partition coefficient (Wildman–Crippen LogP) is 2.44. The van der Waals surface area contributed by atoms with Gasteiger partial charge in [-0.05, 0) is 25.7 Å². The van der Waals surface area contributed by atoms with Crippen LogP contribution in [-0.2, 0) is 14.3 Å². The number of piperidine rings is 1. The van der Waals surface area contributed by atoms with Gasteiger partial charge in [-0.1, -0.05) is 25.7 Å². The molecule has 2 fully saturated rings. The second kappa shape index (κ2) is 8.37. The third-order valence-electron chi connectivity index (χ3n) is 4.63. The van der Waals surface area contributed by atoms with Crippen LogP contribution in [0.1, 0.15) is 57.8 Å². The number of nitrogens with zero attached hydrogens (tertiary/aromatic N) is 1. The van der Waals surface area contributed by atoms with Gasteiger partial charge < -0.3 is 14.7 Å². The van der Waals surface area contributed by atoms with E-state index in [0.29, 0.717) is 5.91 Å². The molecule has 0 aromatic rings. The van der Waals surface area contributed by atoms with Crippen molar-refractivity contribution in [3.63, 3.8) is 0 Å². The second-order valence-electron chi connectivity index (χ2n) is 6.23. The summed E-state index contributed by atoms with van der Waals surface area (Å²) in [6, 6.07) is 0. The van der Waals surface area contributed by atoms with E-state index in [-0.39, 0.29) is 25.0 Å². The molecule has 0 aromatic carbocycles. The van der Waals surface area contributed by atoms with Crippen molar-refractivity contribution >= 4 is 11.9 Å². The number of carbonyl (C=O) groups excluding carboxylic acids is 1. The Bertz CT molecular complexity index is 342. The third-order valence-corrected chi connectivity index (χ3v) is 4.63. The largest absolute Gasteiger partial charge is 0.481 e. The average Bonchev–Trinajstić information content (AvgIpc) is 2.76. The lowest BCUT2D eigenvalue weighted by atomic mass is 9.97. The van der Waals surface area contributed by atoms with E-state index in [1.807, 2.05) is 4.90 Å². The molecule has 1 amide bonds. The van der Waals surface area contributed by atoms with Crippen molar-refractivity contribution in [1.29, 1.82) is 0 Å². The van der Waals surface area contributed by atoms with Crippen LogP contribution in [0.4, 0.5) is 0 Å². The fraction of sp³-hybridized carbons (Fsp3) is 0.875. The number of carboxylic acids is 1. The van der Waals surface area contributed by atoms with Crippen LogP contribution < -0.4 is 0 Å². The van der Waals surface area contributed by atoms with Gasteiger partial charge >= 0.3 is 5.97 Å². The van der Waals surface area contributed by atoms with Crippen molar-refractivity contribution in [3.05, 3.63) is 0 Å². The van der Waals surface area contributed by atoms with Crippen LogP contribution in [0.15, 0.2) is 0 Å². The molecule has 5 heteroatoms. The summed E-state index contributed by atoms with van der Waals surface area (Å²) in [6.07, 6.45) is 8.84. The minimum absolute atomic E-state index is 0.0568. The number of hydrogen-bond donors (Lipinski definition) is 1. The molecule has 2 aliphatic rings. The Morgan fingerprint density at radius 1 is 1.00 bits per heavy atom. The number of rotatable bonds is 5. The molecule has 2 rings (SSSR count). The molecule has 0 atom stereocenters. The predicted molar refractivity (Wildman–Crippen MR) is 79.0 cm³/mol. The van der Waals surface area contributed by atoms with Crippen molar-refractivity contribution in [1.82, 2.24) is 4.90 Å². The zero-order valence-electron chi connectivity index (χ0n) is 12.8. The van der Waals surface area contributed by atoms with Crippen molar-refractivity contribution in [2.45, 2.75) is 63.9 Å². The molecular formula is C16H27NO4. The van der Waals surface area contributed by atoms with Crippen LogP contribution in [0.25, 0.3) is 0 Å². The molecule has 1 N–H and O–H groups in total. The van der Waals surface area contributed by atoms with Gasteiger partial charge in [-0.25, -0.2) is 0 Å². The summed E-state index contributed by atoms with van der Waals surface area (Å²) in [5.74, 6) is -0.256. The van der Waals surface area contributed by atoms with Gasteiger partial charge in [-0.3, -0.25) is 9.59 Å². The van der Waals surface area contributed by atoms with E-state index in [1.165, 1.54) is 25.7 Å². The molecule has 1 heterocycles. The molecule has 0 aromatic heterocycles. The van der Waals surface area contributed by atoms with E-state index < -0.39 is 5.97 Å². The van der Waals surface area contributed by atoms with E-state index >= 15 is 0 Å². The van der Waals surface area contributed by atoms with Crippen LogP contribution in [0, 0.1) is 5.92 Å². The van der Waals surface area contributed by atoms with Gasteiger partial charge in [0.15, 0.2) is 0 Å². The molecule has 1 aliphatic carbocycles. The summed E-state index contributed by atoms with van der Waals surface area (Å²) in [5.41, 5.74) is 0. The molecule has 1 saturated heterocycles. The summed E-state index contributed by atoms with van der Waals surface area (Å²) in [5, 5.41) is 8.59. The van der Waals surface area contributed by atoms with Crippen molar-refractivity contribution in [2.24, 2.45) is 5.92 Å². The van der Waals surface area contributed by atoms with Crippen molar-refractivity contribution in [2.75, 3.05) is 19.7 Å². The summed E-state index contributed by atoms with van der Waals surface area (Å²) in [4.78, 5) is 25.0. The molecule has 1 saturated carbocycles. The number of hydrogen-bond acceptors (Lipinski definition) is 3. The first-order chi connectivity index (χ1) is 10.2. The lowest BCUT2D eigenvalue weighted by Gasteiger charge is -2.34. The van der Waals surface area contributed by atoms with Gasteiger partial charge in [0.05, 0.1) is 19.1 Å². The zero-order chi connectivity index (χ0) is 15.1. The minimum atomic E-state index is -0.823. The number of aliphatic carboxylic acids is 1. The summed E-state index contributed by atoms with van der Waals surface area (Å²) < 4.78 is 5.57. The lowest BCUT2D eigenvalue weighted by molar-refractivity contribution is -0.140. The summed E-state index contributed by atoms with van der Waals surface area (Å²) >= 11 is 0. The van der Waals surface area contributed by atoms with Gasteiger partial charge in [0, 0.05) is 19.0 Å². The Balaban J connectivity index is 1.70. The van der Waals surface area contributed by atoms with E-state index in [0.717, 1.165) is 38.8 Å². The van der Waals surface area contributed by atoms with Gasteiger partial charge in [-0.2, -0.15) is 0 Å². The van der Waals surface area contributed by atoms with Gasteiger partial charge in [-0.15, -0.1) is 0 Å². The standard InChI is InChI=1S/C16H27NO4/c18-15(19)9-12-21-14-7-10-17(11-8-14)16(20)13-5-3-1-2-4-6-13/h13-14H,1-12H2,(H,18,19). The average molecular weight is 297 g/mol. The summed E-state index contributed by atoms with van der Waals surface area (Å²) in [6.45, 7) is 1.79. The Kier molecular flexibility index (Phi) is 6.49. The number of carboxylic acid groups (broad SMARTS) is 1. The van der Waals surface area contributed by atoms with E-state index in [9.17, 15) is 9.59 Å². The third kappa shape index (κ3) is 5.30. The molecule has 0 unspecified atom stereocenters. The van der Waals surface area contributed by atoms with Crippen LogP contribution in [0.3, 0.4) is 0 Å². The molecule has 21 heavy (non-hydrogen) atoms. The van der Waals surface area contributed by atoms with E-state index in [1.54, 1.807) is 0 Å². The number of ether oxygens (including phenoxy) is 1. The van der Waals surface area contributed by atoms with Gasteiger partial charge in [0.1, 0.15) is 0 Å². The maximum Gasteiger partial charge on any atom is 0.305 e. The number of likely N-dealkylation sites (tertiary alicyclic amines) is 1. The van der Waals surface area contributed by atoms with E-state index in [4.69, 9.17) is 9.84 Å². The molecule has 0 spiro atoms. The molecule has 0 radical (unpaired) electrons. The van der Waals surface area contributed by atoms with Crippen LogP contribution in [0.2, 0.25) is 0 Å². The fourth-order valence-corrected chi connectivity index (χ4v) is 3.34. The monoisotopic (exact) mass is 297 g/mol. The van der Waals surface area contributed by atoms with Gasteiger partial charge in [0.25, 0.3) is 0 Å². The highest BCUT2D eigenvalue weighted by atomic mass is 16.5. The lowest BCUT2D eigenvalue weighted by Crippen LogP contribution is -2.43. The Morgan fingerprint density at radius 3 is 2.19 bits per heavy atom. The van der Waals surface area contributed by atoms with E-state index in [2.05, 4.69) is 0 Å². The quantitative estimate of drug-likeness (QED) is 0.791. The topological polar surface area (TPSA) is 66.8 Å². The minimum Gasteiger partial charge on any atom is -0.481 e. The normalized spacial score (nSPS) is 22.0. The molecule has 0 bridgehead atoms. The van der Waals surface area contributed by atoms with Crippen LogP contribution in [0.5, 0.6) is 0 Å². The molecule has 5 nitrogen and oxygen atoms in total. The van der Waals surface area contributed by atoms with Crippen LogP contribution in [-0.4, -0.2) is 47.7 Å². The second-order valence-corrected chi connectivity index (χ2v) is 6.23. The highest BCUT2D eigenvalue weighted by molar-refractivity contribution is 5.79. The van der Waals surface area contributed by atoms with Crippen molar-refractivity contribution < 1.29 is 19.4 Å². The molecule has 120 valence electrons. The first-order valence-electron chi connectivity index (χ1n) is 8.29. The van der Waals surface area contributed by atoms with Gasteiger partial charge in [0.2, 0.25) is 5.91 Å². The first kappa shape index (κ1) is 16.3. The highest BCUT2D eigenvalue weighted by Gasteiger charge is 2.28. The number of carbonyl (C=O) groups is 2. The maximum absolute atomic E-state index is 12.5. The highest BCUT2D eigenvalue weighted by Crippen LogP contribution is 2.26. The zero-order valence-corrected chi connectivity index (χ0v) is 12.8. The first-order valence-corrected chi connectivity index (χ1v) is 8.29. The number of amides is 1. The Hall–Kier alpha value is -1.10. The molecule has 1 aliphatic heterocycles. The molecular weight excluding hydrogens is 270 g/mol. The Morgan fingerprint density at radius 2 is 1.62 bits per heavy atom.